The van der Waals surface area contributed by atoms with Crippen molar-refractivity contribution >= 4 is 28.3 Å². The van der Waals surface area contributed by atoms with Crippen molar-refractivity contribution in [3.63, 3.8) is 0 Å². The van der Waals surface area contributed by atoms with Crippen molar-refractivity contribution in [3.8, 4) is 0 Å². The number of hydrogen-bond acceptors (Lipinski definition) is 2. The van der Waals surface area contributed by atoms with Gasteiger partial charge in [-0.3, -0.25) is 4.79 Å². The van der Waals surface area contributed by atoms with Crippen molar-refractivity contribution in [1.82, 2.24) is 10.3 Å². The quantitative estimate of drug-likeness (QED) is 0.321. The maximum atomic E-state index is 13.6. The number of fused-ring (bicyclic) bond motifs is 1. The normalized spacial score (nSPS) is 13.3. The van der Waals surface area contributed by atoms with Crippen molar-refractivity contribution < 1.29 is 4.79 Å². The molecule has 4 rings (SSSR count). The summed E-state index contributed by atoms with van der Waals surface area (Å²) in [5, 5.41) is 5.24. The molecule has 4 heteroatoms. The molecule has 0 unspecified atom stereocenters. The van der Waals surface area contributed by atoms with Crippen molar-refractivity contribution in [1.29, 1.82) is 0 Å². The van der Waals surface area contributed by atoms with E-state index in [4.69, 9.17) is 11.6 Å². The van der Waals surface area contributed by atoms with Gasteiger partial charge >= 0.3 is 0 Å². The van der Waals surface area contributed by atoms with E-state index in [-0.39, 0.29) is 5.78 Å². The monoisotopic (exact) mass is 416 g/mol. The first-order valence-electron chi connectivity index (χ1n) is 10.3. The summed E-state index contributed by atoms with van der Waals surface area (Å²) in [6.45, 7) is 2.87. The van der Waals surface area contributed by atoms with Crippen LogP contribution in [0, 0.1) is 0 Å². The minimum atomic E-state index is -0.410. The lowest BCUT2D eigenvalue weighted by molar-refractivity contribution is 0.0943. The summed E-state index contributed by atoms with van der Waals surface area (Å²) in [6.07, 6.45) is 2.79. The fourth-order valence-corrected chi connectivity index (χ4v) is 4.06. The van der Waals surface area contributed by atoms with Gasteiger partial charge in [-0.2, -0.15) is 0 Å². The number of carbonyl (C=O) groups is 1. The van der Waals surface area contributed by atoms with E-state index >= 15 is 0 Å². The summed E-state index contributed by atoms with van der Waals surface area (Å²) in [4.78, 5) is 16.8. The Labute approximate surface area is 182 Å². The van der Waals surface area contributed by atoms with Crippen LogP contribution in [0.1, 0.15) is 46.8 Å². The van der Waals surface area contributed by atoms with Crippen LogP contribution in [0.3, 0.4) is 0 Å². The molecule has 0 saturated carbocycles. The predicted octanol–water partition coefficient (Wildman–Crippen LogP) is 6.53. The van der Waals surface area contributed by atoms with Gasteiger partial charge in [-0.15, -0.1) is 0 Å². The average molecular weight is 417 g/mol. The van der Waals surface area contributed by atoms with Gasteiger partial charge in [0.2, 0.25) is 0 Å². The second kappa shape index (κ2) is 9.29. The first kappa shape index (κ1) is 20.4. The van der Waals surface area contributed by atoms with Crippen LogP contribution >= 0.6 is 11.6 Å². The lowest BCUT2D eigenvalue weighted by Gasteiger charge is -2.22. The highest BCUT2D eigenvalue weighted by molar-refractivity contribution is 6.30. The number of hydrogen-bond donors (Lipinski definition) is 2. The zero-order valence-electron chi connectivity index (χ0n) is 16.9. The largest absolute Gasteiger partial charge is 0.360 e. The van der Waals surface area contributed by atoms with Crippen molar-refractivity contribution in [3.05, 3.63) is 107 Å². The number of rotatable bonds is 8. The molecule has 0 radical (unpaired) electrons. The molecule has 3 nitrogen and oxygen atoms in total. The Kier molecular flexibility index (Phi) is 6.32. The lowest BCUT2D eigenvalue weighted by atomic mass is 9.93. The van der Waals surface area contributed by atoms with Gasteiger partial charge in [0, 0.05) is 34.2 Å². The summed E-state index contributed by atoms with van der Waals surface area (Å²) < 4.78 is 0. The summed E-state index contributed by atoms with van der Waals surface area (Å²) in [5.74, 6) is 0.369. The van der Waals surface area contributed by atoms with Crippen LogP contribution in [-0.4, -0.2) is 17.3 Å². The molecule has 1 heterocycles. The first-order valence-corrected chi connectivity index (χ1v) is 10.7. The molecule has 0 aliphatic carbocycles. The Hall–Kier alpha value is -2.88. The fourth-order valence-electron chi connectivity index (χ4n) is 3.93. The smallest absolute Gasteiger partial charge is 0.186 e. The molecule has 1 aromatic heterocycles. The van der Waals surface area contributed by atoms with Crippen LogP contribution in [0.15, 0.2) is 85.1 Å². The van der Waals surface area contributed by atoms with E-state index in [1.165, 1.54) is 5.56 Å². The van der Waals surface area contributed by atoms with Crippen LogP contribution in [0.5, 0.6) is 0 Å². The molecule has 0 saturated heterocycles. The summed E-state index contributed by atoms with van der Waals surface area (Å²) in [7, 11) is 0. The average Bonchev–Trinajstić information content (AvgIpc) is 3.22. The molecule has 0 fully saturated rings. The molecule has 0 bridgehead atoms. The van der Waals surface area contributed by atoms with E-state index in [1.54, 1.807) is 0 Å². The van der Waals surface area contributed by atoms with E-state index in [2.05, 4.69) is 29.4 Å². The minimum absolute atomic E-state index is 0.0737. The first-order chi connectivity index (χ1) is 14.7. The van der Waals surface area contributed by atoms with E-state index in [0.717, 1.165) is 27.9 Å². The number of Topliss-reactive ketones (excluding diaryl/α,β-unsaturated/α-hetero) is 1. The molecule has 0 amide bonds. The van der Waals surface area contributed by atoms with Gasteiger partial charge in [0.25, 0.3) is 0 Å². The number of carbonyl (C=O) groups excluding carboxylic acids is 1. The zero-order valence-corrected chi connectivity index (χ0v) is 17.7. The van der Waals surface area contributed by atoms with Crippen molar-refractivity contribution in [2.24, 2.45) is 0 Å². The second-order valence-electron chi connectivity index (χ2n) is 7.52. The number of H-pyrrole nitrogens is 1. The third-order valence-electron chi connectivity index (χ3n) is 5.65. The predicted molar refractivity (Wildman–Crippen MR) is 124 cm³/mol. The molecule has 0 aliphatic heterocycles. The highest BCUT2D eigenvalue weighted by Gasteiger charge is 2.25. The highest BCUT2D eigenvalue weighted by Crippen LogP contribution is 2.27. The van der Waals surface area contributed by atoms with E-state index < -0.39 is 6.04 Å². The highest BCUT2D eigenvalue weighted by atomic mass is 35.5. The molecule has 0 aliphatic rings. The van der Waals surface area contributed by atoms with Gasteiger partial charge in [0.05, 0.1) is 6.04 Å². The lowest BCUT2D eigenvalue weighted by Crippen LogP contribution is -2.32. The number of halogens is 1. The van der Waals surface area contributed by atoms with Crippen LogP contribution in [0.25, 0.3) is 10.9 Å². The van der Waals surface area contributed by atoms with Crippen LogP contribution in [0.2, 0.25) is 5.02 Å². The molecule has 30 heavy (non-hydrogen) atoms. The topological polar surface area (TPSA) is 44.9 Å². The number of aromatic nitrogens is 1. The Morgan fingerprint density at radius 3 is 2.37 bits per heavy atom. The number of benzene rings is 3. The van der Waals surface area contributed by atoms with E-state index in [0.29, 0.717) is 18.0 Å². The summed E-state index contributed by atoms with van der Waals surface area (Å²) in [5.41, 5.74) is 3.88. The van der Waals surface area contributed by atoms with E-state index in [9.17, 15) is 4.79 Å². The van der Waals surface area contributed by atoms with Crippen LogP contribution < -0.4 is 5.32 Å². The van der Waals surface area contributed by atoms with Crippen LogP contribution in [0.4, 0.5) is 0 Å². The third kappa shape index (κ3) is 4.33. The van der Waals surface area contributed by atoms with Gasteiger partial charge < -0.3 is 10.3 Å². The molecule has 4 aromatic rings. The molecular formula is C26H25ClN2O. The van der Waals surface area contributed by atoms with Gasteiger partial charge in [0.15, 0.2) is 5.78 Å². The Morgan fingerprint density at radius 2 is 1.63 bits per heavy atom. The standard InChI is InChI=1S/C26H25ClN2O/c1-2-18(19-12-14-21(27)15-13-19)16-29-25(20-8-4-3-5-9-20)26(30)23-17-28-24-11-7-6-10-22(23)24/h3-15,17-18,25,28-29H,2,16H2,1H3/t18-,25+/m1/s1. The Bertz CT molecular complexity index is 1120. The molecule has 2 N–H and O–H groups in total. The number of para-hydroxylation sites is 1. The van der Waals surface area contributed by atoms with Crippen molar-refractivity contribution in [2.45, 2.75) is 25.3 Å². The number of aromatic amines is 1. The van der Waals surface area contributed by atoms with Gasteiger partial charge in [-0.05, 0) is 41.7 Å². The Balaban J connectivity index is 1.62. The molecule has 3 aromatic carbocycles. The van der Waals surface area contributed by atoms with Gasteiger partial charge in [-0.1, -0.05) is 79.2 Å². The summed E-state index contributed by atoms with van der Waals surface area (Å²) in [6, 6.07) is 25.4. The fraction of sp³-hybridized carbons (Fsp3) is 0.192. The van der Waals surface area contributed by atoms with Gasteiger partial charge in [0.1, 0.15) is 0 Å². The maximum absolute atomic E-state index is 13.6. The van der Waals surface area contributed by atoms with E-state index in [1.807, 2.05) is 72.9 Å². The maximum Gasteiger partial charge on any atom is 0.186 e. The molecule has 2 atom stereocenters. The summed E-state index contributed by atoms with van der Waals surface area (Å²) >= 11 is 6.05. The van der Waals surface area contributed by atoms with Crippen LogP contribution in [-0.2, 0) is 0 Å². The minimum Gasteiger partial charge on any atom is -0.360 e. The molecular weight excluding hydrogens is 392 g/mol. The van der Waals surface area contributed by atoms with Crippen molar-refractivity contribution in [2.75, 3.05) is 6.54 Å². The SMILES string of the molecule is CC[C@H](CN[C@H](C(=O)c1c[nH]c2ccccc12)c1ccccc1)c1ccc(Cl)cc1. The third-order valence-corrected chi connectivity index (χ3v) is 5.90. The zero-order chi connectivity index (χ0) is 20.9. The molecule has 152 valence electrons. The second-order valence-corrected chi connectivity index (χ2v) is 7.96. The number of nitrogens with one attached hydrogen (secondary N) is 2. The molecule has 0 spiro atoms. The number of ketones is 1. The Morgan fingerprint density at radius 1 is 0.933 bits per heavy atom. The van der Waals surface area contributed by atoms with Gasteiger partial charge in [-0.25, -0.2) is 0 Å².